The first-order valence-electron chi connectivity index (χ1n) is 13.0. The van der Waals surface area contributed by atoms with Gasteiger partial charge in [-0.3, -0.25) is 9.59 Å². The molecule has 0 heterocycles. The van der Waals surface area contributed by atoms with E-state index in [9.17, 15) is 9.59 Å². The highest BCUT2D eigenvalue weighted by Crippen LogP contribution is 2.69. The lowest BCUT2D eigenvalue weighted by Crippen LogP contribution is -2.51. The molecule has 1 aromatic rings. The van der Waals surface area contributed by atoms with E-state index in [1.165, 1.54) is 11.1 Å². The van der Waals surface area contributed by atoms with Gasteiger partial charge in [-0.1, -0.05) is 30.6 Å². The van der Waals surface area contributed by atoms with E-state index in [0.29, 0.717) is 24.8 Å². The maximum Gasteiger partial charge on any atom is 0.156 e. The third-order valence-electron chi connectivity index (χ3n) is 9.70. The summed E-state index contributed by atoms with van der Waals surface area (Å²) in [4.78, 5) is 27.5. The van der Waals surface area contributed by atoms with Crippen molar-refractivity contribution in [2.75, 3.05) is 19.0 Å². The molecule has 184 valence electrons. The van der Waals surface area contributed by atoms with Crippen LogP contribution in [-0.2, 0) is 9.59 Å². The first-order chi connectivity index (χ1) is 16.6. The highest BCUT2D eigenvalue weighted by molar-refractivity contribution is 5.93. The summed E-state index contributed by atoms with van der Waals surface area (Å²) in [6.45, 7) is 5.77. The van der Waals surface area contributed by atoms with Crippen LogP contribution in [0.1, 0.15) is 70.8 Å². The number of rotatable bonds is 3. The third-order valence-corrected chi connectivity index (χ3v) is 9.70. The molecule has 0 bridgehead atoms. The van der Waals surface area contributed by atoms with Crippen LogP contribution in [0.15, 0.2) is 47.1 Å². The number of alkyl halides is 1. The Morgan fingerprint density at radius 1 is 1.17 bits per heavy atom. The van der Waals surface area contributed by atoms with E-state index < -0.39 is 11.6 Å². The van der Waals surface area contributed by atoms with Crippen molar-refractivity contribution >= 4 is 17.3 Å². The number of carbonyl (C=O) groups excluding carboxylic acids is 2. The average Bonchev–Trinajstić information content (AvgIpc) is 3.12. The third kappa shape index (κ3) is 3.45. The molecule has 1 unspecified atom stereocenters. The van der Waals surface area contributed by atoms with Crippen molar-refractivity contribution in [2.45, 2.75) is 71.4 Å². The molecular weight excluding hydrogens is 437 g/mol. The Labute approximate surface area is 208 Å². The van der Waals surface area contributed by atoms with E-state index in [1.807, 2.05) is 21.0 Å². The fourth-order valence-electron chi connectivity index (χ4n) is 8.05. The number of allylic oxidation sites excluding steroid dienone is 4. The number of fused-ring (bicyclic) bond motifs is 4. The minimum Gasteiger partial charge on any atom is -0.378 e. The van der Waals surface area contributed by atoms with Crippen molar-refractivity contribution in [3.63, 3.8) is 0 Å². The number of benzene rings is 1. The summed E-state index contributed by atoms with van der Waals surface area (Å²) in [5, 5.41) is 0. The number of anilines is 1. The topological polar surface area (TPSA) is 37.4 Å². The Morgan fingerprint density at radius 3 is 2.51 bits per heavy atom. The van der Waals surface area contributed by atoms with Crippen LogP contribution in [0.2, 0.25) is 0 Å². The first-order valence-corrected chi connectivity index (χ1v) is 13.0. The number of carbonyl (C=O) groups is 2. The van der Waals surface area contributed by atoms with Crippen LogP contribution in [0, 0.1) is 34.5 Å². The quantitative estimate of drug-likeness (QED) is 0.491. The van der Waals surface area contributed by atoms with E-state index in [2.05, 4.69) is 47.9 Å². The fourth-order valence-corrected chi connectivity index (χ4v) is 8.05. The highest BCUT2D eigenvalue weighted by atomic mass is 19.1. The molecule has 2 fully saturated rings. The molecule has 0 radical (unpaired) electrons. The number of ketones is 2. The largest absolute Gasteiger partial charge is 0.378 e. The van der Waals surface area contributed by atoms with Gasteiger partial charge in [-0.25, -0.2) is 4.39 Å². The number of nitrogens with zero attached hydrogens (tertiary/aromatic N) is 1. The van der Waals surface area contributed by atoms with Gasteiger partial charge in [-0.05, 0) is 98.1 Å². The van der Waals surface area contributed by atoms with Gasteiger partial charge in [0.25, 0.3) is 0 Å². The molecule has 4 aliphatic rings. The number of Topliss-reactive ketones (excluding diaryl/α,β-unsaturated/α-hetero) is 1. The molecule has 0 aromatic heterocycles. The van der Waals surface area contributed by atoms with E-state index in [0.717, 1.165) is 30.5 Å². The molecular formula is C31H36FNO2. The van der Waals surface area contributed by atoms with Crippen LogP contribution in [0.4, 0.5) is 10.1 Å². The molecule has 35 heavy (non-hydrogen) atoms. The standard InChI is InChI=1S/C31H36FNO2/c1-6-14-31(19(2)34)15-13-27-25-17-28(32)24-16-22(35)11-12-23(24)29(25)26(18-30(27,31)3)20-7-9-21(10-8-20)33(4)5/h7-10,16,25-28H,11-13,15,17-18H2,1-5H3/t25-,26+,27-,28?,30-,31+/m0/s1. The van der Waals surface area contributed by atoms with Gasteiger partial charge in [0.15, 0.2) is 5.78 Å². The molecule has 2 saturated carbocycles. The predicted molar refractivity (Wildman–Crippen MR) is 138 cm³/mol. The summed E-state index contributed by atoms with van der Waals surface area (Å²) >= 11 is 0. The van der Waals surface area contributed by atoms with Gasteiger partial charge in [0, 0.05) is 32.1 Å². The van der Waals surface area contributed by atoms with Crippen LogP contribution >= 0.6 is 0 Å². The summed E-state index contributed by atoms with van der Waals surface area (Å²) in [6, 6.07) is 8.68. The van der Waals surface area contributed by atoms with Crippen molar-refractivity contribution in [1.82, 2.24) is 0 Å². The van der Waals surface area contributed by atoms with Gasteiger partial charge >= 0.3 is 0 Å². The Balaban J connectivity index is 1.72. The summed E-state index contributed by atoms with van der Waals surface area (Å²) in [5.74, 6) is 7.03. The lowest BCUT2D eigenvalue weighted by Gasteiger charge is -2.55. The van der Waals surface area contributed by atoms with Crippen LogP contribution < -0.4 is 4.90 Å². The van der Waals surface area contributed by atoms with Gasteiger partial charge in [0.2, 0.25) is 0 Å². The Hall–Kier alpha value is -2.67. The van der Waals surface area contributed by atoms with Crippen LogP contribution in [0.3, 0.4) is 0 Å². The predicted octanol–water partition coefficient (Wildman–Crippen LogP) is 6.20. The maximum absolute atomic E-state index is 15.7. The molecule has 0 amide bonds. The summed E-state index contributed by atoms with van der Waals surface area (Å²) in [6.07, 6.45) is 4.39. The van der Waals surface area contributed by atoms with Gasteiger partial charge in [-0.15, -0.1) is 5.92 Å². The molecule has 4 aliphatic carbocycles. The van der Waals surface area contributed by atoms with E-state index in [1.54, 1.807) is 13.0 Å². The van der Waals surface area contributed by atoms with Gasteiger partial charge < -0.3 is 4.90 Å². The van der Waals surface area contributed by atoms with Crippen LogP contribution in [0.5, 0.6) is 0 Å². The zero-order valence-corrected chi connectivity index (χ0v) is 21.6. The normalized spacial score (nSPS) is 35.8. The van der Waals surface area contributed by atoms with Gasteiger partial charge in [-0.2, -0.15) is 0 Å². The lowest BCUT2D eigenvalue weighted by molar-refractivity contribution is -0.130. The summed E-state index contributed by atoms with van der Waals surface area (Å²) in [5.41, 5.74) is 4.37. The molecule has 0 saturated heterocycles. The Bertz CT molecular complexity index is 1200. The average molecular weight is 474 g/mol. The van der Waals surface area contributed by atoms with Gasteiger partial charge in [0.05, 0.1) is 5.41 Å². The maximum atomic E-state index is 15.7. The zero-order chi connectivity index (χ0) is 25.1. The second-order valence-corrected chi connectivity index (χ2v) is 11.5. The molecule has 4 heteroatoms. The monoisotopic (exact) mass is 473 g/mol. The van der Waals surface area contributed by atoms with E-state index in [4.69, 9.17) is 0 Å². The number of hydrogen-bond acceptors (Lipinski definition) is 3. The minimum absolute atomic E-state index is 0.0349. The van der Waals surface area contributed by atoms with Crippen molar-refractivity contribution in [2.24, 2.45) is 22.7 Å². The number of halogens is 1. The molecule has 6 atom stereocenters. The minimum atomic E-state index is -1.12. The van der Waals surface area contributed by atoms with E-state index >= 15 is 4.39 Å². The molecule has 3 nitrogen and oxygen atoms in total. The molecule has 0 spiro atoms. The molecule has 5 rings (SSSR count). The van der Waals surface area contributed by atoms with E-state index in [-0.39, 0.29) is 34.7 Å². The summed E-state index contributed by atoms with van der Waals surface area (Å²) in [7, 11) is 4.06. The zero-order valence-electron chi connectivity index (χ0n) is 21.6. The fraction of sp³-hybridized carbons (Fsp3) is 0.548. The second-order valence-electron chi connectivity index (χ2n) is 11.5. The SMILES string of the molecule is CC#C[C@]1(C(C)=O)CC[C@H]2[C@@H]3CC(F)C4=CC(=O)CCC4=C3[C@@H](c3ccc(N(C)C)cc3)C[C@@]21C. The smallest absolute Gasteiger partial charge is 0.156 e. The van der Waals surface area contributed by atoms with Crippen molar-refractivity contribution in [3.8, 4) is 11.8 Å². The highest BCUT2D eigenvalue weighted by Gasteiger charge is 2.65. The van der Waals surface area contributed by atoms with Crippen molar-refractivity contribution < 1.29 is 14.0 Å². The molecule has 0 N–H and O–H groups in total. The number of hydrogen-bond donors (Lipinski definition) is 0. The first kappa shape index (κ1) is 24.0. The van der Waals surface area contributed by atoms with Crippen molar-refractivity contribution in [3.05, 3.63) is 52.6 Å². The van der Waals surface area contributed by atoms with Crippen LogP contribution in [-0.4, -0.2) is 31.8 Å². The Morgan fingerprint density at radius 2 is 1.89 bits per heavy atom. The summed E-state index contributed by atoms with van der Waals surface area (Å²) < 4.78 is 15.7. The lowest BCUT2D eigenvalue weighted by atomic mass is 9.48. The Kier molecular flexibility index (Phi) is 5.82. The molecule has 0 aliphatic heterocycles. The van der Waals surface area contributed by atoms with Crippen molar-refractivity contribution in [1.29, 1.82) is 0 Å². The molecule has 1 aromatic carbocycles. The van der Waals surface area contributed by atoms with Gasteiger partial charge in [0.1, 0.15) is 12.0 Å². The van der Waals surface area contributed by atoms with Crippen LogP contribution in [0.25, 0.3) is 0 Å². The second kappa shape index (κ2) is 8.47.